The molecule has 128 valence electrons. The molecule has 0 aromatic heterocycles. The molecule has 0 radical (unpaired) electrons. The van der Waals surface area contributed by atoms with Crippen molar-refractivity contribution in [3.05, 3.63) is 28.3 Å². The smallest absolute Gasteiger partial charge is 0.293 e. The second kappa shape index (κ2) is 6.06. The molecule has 1 fully saturated rings. The molecule has 0 bridgehead atoms. The molecule has 23 heavy (non-hydrogen) atoms. The van der Waals surface area contributed by atoms with Crippen LogP contribution in [-0.2, 0) is 10.0 Å². The lowest BCUT2D eigenvalue weighted by atomic mass is 9.83. The highest BCUT2D eigenvalue weighted by Gasteiger charge is 2.32. The van der Waals surface area contributed by atoms with E-state index < -0.39 is 20.5 Å². The molecular formula is C14H21N3O5S. The maximum atomic E-state index is 11.4. The highest BCUT2D eigenvalue weighted by molar-refractivity contribution is 7.89. The van der Waals surface area contributed by atoms with Crippen LogP contribution >= 0.6 is 0 Å². The van der Waals surface area contributed by atoms with Crippen LogP contribution in [0.25, 0.3) is 0 Å². The van der Waals surface area contributed by atoms with Crippen LogP contribution in [0.5, 0.6) is 0 Å². The van der Waals surface area contributed by atoms with Crippen LogP contribution in [0.2, 0.25) is 0 Å². The first-order valence-electron chi connectivity index (χ1n) is 7.28. The van der Waals surface area contributed by atoms with E-state index in [0.29, 0.717) is 31.4 Å². The van der Waals surface area contributed by atoms with Gasteiger partial charge in [-0.3, -0.25) is 10.1 Å². The fraction of sp³-hybridized carbons (Fsp3) is 0.571. The summed E-state index contributed by atoms with van der Waals surface area (Å²) in [4.78, 5) is 12.2. The third kappa shape index (κ3) is 3.98. The number of anilines is 1. The molecule has 2 rings (SSSR count). The molecule has 1 aliphatic carbocycles. The Morgan fingerprint density at radius 2 is 1.96 bits per heavy atom. The van der Waals surface area contributed by atoms with Gasteiger partial charge in [0.1, 0.15) is 5.69 Å². The molecule has 0 unspecified atom stereocenters. The summed E-state index contributed by atoms with van der Waals surface area (Å²) in [5, 5.41) is 26.3. The lowest BCUT2D eigenvalue weighted by Crippen LogP contribution is -2.40. The zero-order valence-corrected chi connectivity index (χ0v) is 13.9. The lowest BCUT2D eigenvalue weighted by molar-refractivity contribution is -0.384. The van der Waals surface area contributed by atoms with Crippen molar-refractivity contribution in [1.29, 1.82) is 0 Å². The molecule has 1 aliphatic rings. The van der Waals surface area contributed by atoms with E-state index in [9.17, 15) is 23.6 Å². The van der Waals surface area contributed by atoms with Gasteiger partial charge in [0.25, 0.3) is 5.69 Å². The number of nitrogens with zero attached hydrogens (tertiary/aromatic N) is 2. The molecule has 0 heterocycles. The quantitative estimate of drug-likeness (QED) is 0.628. The van der Waals surface area contributed by atoms with Gasteiger partial charge in [-0.1, -0.05) is 0 Å². The van der Waals surface area contributed by atoms with Gasteiger partial charge in [-0.05, 0) is 44.7 Å². The summed E-state index contributed by atoms with van der Waals surface area (Å²) >= 11 is 0. The standard InChI is InChI=1S/C14H21N3O5S/c1-14(18)7-5-10(6-8-14)16(2)12-4-3-11(23(15,21)22)9-13(12)17(19)20/h3-4,9-10,18H,5-8H2,1-2H3,(H2,15,21,22). The summed E-state index contributed by atoms with van der Waals surface area (Å²) in [7, 11) is -2.26. The van der Waals surface area contributed by atoms with Crippen molar-refractivity contribution >= 4 is 21.4 Å². The first-order valence-corrected chi connectivity index (χ1v) is 8.82. The largest absolute Gasteiger partial charge is 0.390 e. The van der Waals surface area contributed by atoms with Gasteiger partial charge in [0.15, 0.2) is 0 Å². The predicted molar refractivity (Wildman–Crippen MR) is 85.8 cm³/mol. The van der Waals surface area contributed by atoms with Crippen LogP contribution in [0, 0.1) is 10.1 Å². The minimum Gasteiger partial charge on any atom is -0.390 e. The van der Waals surface area contributed by atoms with Gasteiger partial charge in [0.05, 0.1) is 15.4 Å². The van der Waals surface area contributed by atoms with Gasteiger partial charge in [0, 0.05) is 19.2 Å². The van der Waals surface area contributed by atoms with Crippen molar-refractivity contribution in [2.45, 2.75) is 49.1 Å². The molecule has 1 aromatic carbocycles. The second-order valence-corrected chi connectivity index (χ2v) is 7.85. The number of nitro benzene ring substituents is 1. The third-order valence-corrected chi connectivity index (χ3v) is 5.34. The van der Waals surface area contributed by atoms with Crippen LogP contribution in [0.1, 0.15) is 32.6 Å². The van der Waals surface area contributed by atoms with Crippen molar-refractivity contribution in [2.75, 3.05) is 11.9 Å². The zero-order valence-electron chi connectivity index (χ0n) is 13.1. The Bertz CT molecular complexity index is 707. The van der Waals surface area contributed by atoms with Gasteiger partial charge in [-0.25, -0.2) is 13.6 Å². The van der Waals surface area contributed by atoms with Crippen LogP contribution < -0.4 is 10.0 Å². The zero-order chi connectivity index (χ0) is 17.4. The second-order valence-electron chi connectivity index (χ2n) is 6.29. The van der Waals surface area contributed by atoms with Crippen molar-refractivity contribution < 1.29 is 18.4 Å². The fourth-order valence-electron chi connectivity index (χ4n) is 2.93. The normalized spacial score (nSPS) is 25.1. The van der Waals surface area contributed by atoms with E-state index in [1.165, 1.54) is 12.1 Å². The van der Waals surface area contributed by atoms with Gasteiger partial charge in [-0.15, -0.1) is 0 Å². The van der Waals surface area contributed by atoms with Crippen molar-refractivity contribution in [3.63, 3.8) is 0 Å². The Hall–Kier alpha value is -1.71. The summed E-state index contributed by atoms with van der Waals surface area (Å²) in [6.07, 6.45) is 2.64. The van der Waals surface area contributed by atoms with Gasteiger partial charge < -0.3 is 10.0 Å². The van der Waals surface area contributed by atoms with Crippen molar-refractivity contribution in [2.24, 2.45) is 5.14 Å². The van der Waals surface area contributed by atoms with Crippen LogP contribution in [-0.4, -0.2) is 37.1 Å². The molecule has 0 spiro atoms. The molecule has 9 heteroatoms. The number of sulfonamides is 1. The molecule has 1 aromatic rings. The lowest BCUT2D eigenvalue weighted by Gasteiger charge is -2.38. The predicted octanol–water partition coefficient (Wildman–Crippen LogP) is 1.37. The van der Waals surface area contributed by atoms with Gasteiger partial charge >= 0.3 is 0 Å². The third-order valence-electron chi connectivity index (χ3n) is 4.43. The first kappa shape index (κ1) is 17.6. The Kier molecular flexibility index (Phi) is 4.65. The van der Waals surface area contributed by atoms with E-state index in [1.807, 2.05) is 0 Å². The number of rotatable bonds is 4. The number of hydrogen-bond donors (Lipinski definition) is 2. The number of nitro groups is 1. The average molecular weight is 343 g/mol. The number of hydrogen-bond acceptors (Lipinski definition) is 6. The van der Waals surface area contributed by atoms with Crippen LogP contribution in [0.3, 0.4) is 0 Å². The Balaban J connectivity index is 2.33. The Morgan fingerprint density at radius 1 is 1.39 bits per heavy atom. The van der Waals surface area contributed by atoms with Crippen molar-refractivity contribution in [3.8, 4) is 0 Å². The summed E-state index contributed by atoms with van der Waals surface area (Å²) in [6, 6.07) is 3.71. The Labute approximate surface area is 135 Å². The summed E-state index contributed by atoms with van der Waals surface area (Å²) in [5.74, 6) is 0. The monoisotopic (exact) mass is 343 g/mol. The van der Waals surface area contributed by atoms with E-state index in [4.69, 9.17) is 5.14 Å². The average Bonchev–Trinajstić information content (AvgIpc) is 2.45. The van der Waals surface area contributed by atoms with Gasteiger partial charge in [0.2, 0.25) is 10.0 Å². The molecule has 0 aliphatic heterocycles. The Morgan fingerprint density at radius 3 is 2.43 bits per heavy atom. The fourth-order valence-corrected chi connectivity index (χ4v) is 3.47. The van der Waals surface area contributed by atoms with Gasteiger partial charge in [-0.2, -0.15) is 0 Å². The van der Waals surface area contributed by atoms with E-state index in [1.54, 1.807) is 18.9 Å². The highest BCUT2D eigenvalue weighted by atomic mass is 32.2. The van der Waals surface area contributed by atoms with Crippen molar-refractivity contribution in [1.82, 2.24) is 0 Å². The highest BCUT2D eigenvalue weighted by Crippen LogP contribution is 2.36. The van der Waals surface area contributed by atoms with Crippen LogP contribution in [0.15, 0.2) is 23.1 Å². The maximum absolute atomic E-state index is 11.4. The number of benzene rings is 1. The summed E-state index contributed by atoms with van der Waals surface area (Å²) in [5.41, 5.74) is -0.647. The molecule has 0 atom stereocenters. The summed E-state index contributed by atoms with van der Waals surface area (Å²) in [6.45, 7) is 1.78. The minimum atomic E-state index is -4.00. The number of primary sulfonamides is 1. The van der Waals surface area contributed by atoms with E-state index in [-0.39, 0.29) is 16.6 Å². The molecule has 0 saturated heterocycles. The number of aliphatic hydroxyl groups is 1. The molecule has 1 saturated carbocycles. The number of nitrogens with two attached hydrogens (primary N) is 1. The molecule has 8 nitrogen and oxygen atoms in total. The maximum Gasteiger partial charge on any atom is 0.293 e. The molecular weight excluding hydrogens is 322 g/mol. The minimum absolute atomic E-state index is 0.0502. The molecule has 0 amide bonds. The van der Waals surface area contributed by atoms with E-state index in [2.05, 4.69) is 0 Å². The van der Waals surface area contributed by atoms with E-state index in [0.717, 1.165) is 6.07 Å². The molecule has 3 N–H and O–H groups in total. The van der Waals surface area contributed by atoms with Crippen LogP contribution in [0.4, 0.5) is 11.4 Å². The topological polar surface area (TPSA) is 127 Å². The SMILES string of the molecule is CN(c1ccc(S(N)(=O)=O)cc1[N+](=O)[O-])C1CCC(C)(O)CC1. The summed E-state index contributed by atoms with van der Waals surface area (Å²) < 4.78 is 22.8. The first-order chi connectivity index (χ1) is 10.5. The van der Waals surface area contributed by atoms with E-state index >= 15 is 0 Å².